The molecule has 116 valence electrons. The van der Waals surface area contributed by atoms with Crippen LogP contribution in [0, 0.1) is 0 Å². The first-order valence-electron chi connectivity index (χ1n) is 7.21. The van der Waals surface area contributed by atoms with Gasteiger partial charge in [-0.05, 0) is 18.6 Å². The van der Waals surface area contributed by atoms with Crippen molar-refractivity contribution in [2.75, 3.05) is 26.2 Å². The first-order chi connectivity index (χ1) is 10.7. The third kappa shape index (κ3) is 3.36. The highest BCUT2D eigenvalue weighted by atomic mass is 32.1. The van der Waals surface area contributed by atoms with Crippen molar-refractivity contribution in [2.45, 2.75) is 12.8 Å². The summed E-state index contributed by atoms with van der Waals surface area (Å²) in [6, 6.07) is 3.36. The van der Waals surface area contributed by atoms with E-state index in [0.29, 0.717) is 44.8 Å². The molecule has 1 fully saturated rings. The number of aryl methyl sites for hydroxylation is 1. The molecule has 7 heteroatoms. The maximum Gasteiger partial charge on any atom is 0.289 e. The molecule has 0 N–H and O–H groups in total. The molecule has 2 aromatic heterocycles. The Morgan fingerprint density at radius 3 is 2.64 bits per heavy atom. The van der Waals surface area contributed by atoms with Gasteiger partial charge in [-0.15, -0.1) is 11.3 Å². The van der Waals surface area contributed by atoms with Gasteiger partial charge in [0.05, 0.1) is 17.5 Å². The Kier molecular flexibility index (Phi) is 4.53. The minimum Gasteiger partial charge on any atom is -0.459 e. The van der Waals surface area contributed by atoms with Crippen LogP contribution in [0.25, 0.3) is 0 Å². The molecule has 2 amide bonds. The third-order valence-electron chi connectivity index (χ3n) is 3.73. The zero-order chi connectivity index (χ0) is 15.4. The number of hydrogen-bond acceptors (Lipinski definition) is 5. The number of thiazole rings is 1. The number of furan rings is 1. The zero-order valence-electron chi connectivity index (χ0n) is 12.1. The molecule has 0 atom stereocenters. The summed E-state index contributed by atoms with van der Waals surface area (Å²) >= 11 is 1.54. The van der Waals surface area contributed by atoms with Crippen LogP contribution >= 0.6 is 11.3 Å². The minimum atomic E-state index is -0.112. The van der Waals surface area contributed by atoms with Gasteiger partial charge in [0.1, 0.15) is 0 Å². The van der Waals surface area contributed by atoms with E-state index < -0.39 is 0 Å². The third-order valence-corrected chi connectivity index (χ3v) is 4.37. The summed E-state index contributed by atoms with van der Waals surface area (Å²) in [5.41, 5.74) is 2.74. The molecule has 0 spiro atoms. The quantitative estimate of drug-likeness (QED) is 0.859. The summed E-state index contributed by atoms with van der Waals surface area (Å²) in [5.74, 6) is 0.362. The number of hydrogen-bond donors (Lipinski definition) is 0. The largest absolute Gasteiger partial charge is 0.459 e. The van der Waals surface area contributed by atoms with E-state index in [2.05, 4.69) is 4.98 Å². The van der Waals surface area contributed by atoms with E-state index in [9.17, 15) is 9.59 Å². The molecule has 1 saturated heterocycles. The Bertz CT molecular complexity index is 617. The number of carbonyl (C=O) groups is 2. The molecule has 3 heterocycles. The Labute approximate surface area is 132 Å². The smallest absolute Gasteiger partial charge is 0.289 e. The van der Waals surface area contributed by atoms with Gasteiger partial charge in [0.15, 0.2) is 5.76 Å². The van der Waals surface area contributed by atoms with Gasteiger partial charge in [0.2, 0.25) is 5.91 Å². The monoisotopic (exact) mass is 319 g/mol. The van der Waals surface area contributed by atoms with Gasteiger partial charge in [0.25, 0.3) is 5.91 Å². The fourth-order valence-electron chi connectivity index (χ4n) is 2.47. The zero-order valence-corrected chi connectivity index (χ0v) is 12.9. The van der Waals surface area contributed by atoms with Gasteiger partial charge in [0, 0.05) is 38.0 Å². The SMILES string of the molecule is O=C(CCc1cscn1)N1CCN(C(=O)c2ccco2)CC1. The van der Waals surface area contributed by atoms with E-state index in [1.54, 1.807) is 22.5 Å². The first-order valence-corrected chi connectivity index (χ1v) is 8.16. The van der Waals surface area contributed by atoms with Crippen LogP contribution in [-0.4, -0.2) is 52.8 Å². The highest BCUT2D eigenvalue weighted by Gasteiger charge is 2.25. The highest BCUT2D eigenvalue weighted by Crippen LogP contribution is 2.11. The molecule has 6 nitrogen and oxygen atoms in total. The van der Waals surface area contributed by atoms with Gasteiger partial charge < -0.3 is 14.2 Å². The first kappa shape index (κ1) is 14.8. The average molecular weight is 319 g/mol. The molecule has 2 aromatic rings. The molecule has 1 aliphatic rings. The van der Waals surface area contributed by atoms with Crippen molar-refractivity contribution in [3.63, 3.8) is 0 Å². The van der Waals surface area contributed by atoms with Crippen molar-refractivity contribution < 1.29 is 14.0 Å². The number of amides is 2. The molecule has 3 rings (SSSR count). The molecular formula is C15H17N3O3S. The van der Waals surface area contributed by atoms with Crippen molar-refractivity contribution in [1.29, 1.82) is 0 Å². The Morgan fingerprint density at radius 1 is 1.23 bits per heavy atom. The highest BCUT2D eigenvalue weighted by molar-refractivity contribution is 7.07. The van der Waals surface area contributed by atoms with Crippen molar-refractivity contribution in [2.24, 2.45) is 0 Å². The lowest BCUT2D eigenvalue weighted by molar-refractivity contribution is -0.132. The van der Waals surface area contributed by atoms with E-state index in [4.69, 9.17) is 4.42 Å². The second-order valence-corrected chi connectivity index (χ2v) is 5.85. The van der Waals surface area contributed by atoms with E-state index >= 15 is 0 Å². The predicted octanol–water partition coefficient (Wildman–Crippen LogP) is 1.65. The lowest BCUT2D eigenvalue weighted by Gasteiger charge is -2.34. The average Bonchev–Trinajstić information content (AvgIpc) is 3.25. The lowest BCUT2D eigenvalue weighted by atomic mass is 10.2. The minimum absolute atomic E-state index is 0.112. The van der Waals surface area contributed by atoms with E-state index in [0.717, 1.165) is 5.69 Å². The number of carbonyl (C=O) groups excluding carboxylic acids is 2. The number of aromatic nitrogens is 1. The fourth-order valence-corrected chi connectivity index (χ4v) is 3.06. The van der Waals surface area contributed by atoms with Crippen LogP contribution in [0.5, 0.6) is 0 Å². The molecule has 0 radical (unpaired) electrons. The van der Waals surface area contributed by atoms with Crippen LogP contribution in [0.2, 0.25) is 0 Å². The second kappa shape index (κ2) is 6.74. The van der Waals surface area contributed by atoms with Crippen LogP contribution in [-0.2, 0) is 11.2 Å². The molecule has 0 aromatic carbocycles. The summed E-state index contributed by atoms with van der Waals surface area (Å²) < 4.78 is 5.12. The standard InChI is InChI=1S/C15H17N3O3S/c19-14(4-3-12-10-22-11-16-12)17-5-7-18(8-6-17)15(20)13-2-1-9-21-13/h1-2,9-11H,3-8H2. The molecule has 22 heavy (non-hydrogen) atoms. The lowest BCUT2D eigenvalue weighted by Crippen LogP contribution is -2.50. The van der Waals surface area contributed by atoms with Crippen LogP contribution in [0.4, 0.5) is 0 Å². The van der Waals surface area contributed by atoms with Crippen molar-refractivity contribution in [3.8, 4) is 0 Å². The molecule has 0 saturated carbocycles. The maximum atomic E-state index is 12.2. The van der Waals surface area contributed by atoms with Gasteiger partial charge in [-0.3, -0.25) is 9.59 Å². The van der Waals surface area contributed by atoms with Crippen LogP contribution < -0.4 is 0 Å². The Balaban J connectivity index is 1.47. The van der Waals surface area contributed by atoms with Gasteiger partial charge in [-0.2, -0.15) is 0 Å². The van der Waals surface area contributed by atoms with Gasteiger partial charge in [-0.1, -0.05) is 0 Å². The summed E-state index contributed by atoms with van der Waals surface area (Å²) in [5, 5.41) is 1.97. The van der Waals surface area contributed by atoms with Crippen LogP contribution in [0.1, 0.15) is 22.7 Å². The van der Waals surface area contributed by atoms with E-state index in [-0.39, 0.29) is 11.8 Å². The summed E-state index contributed by atoms with van der Waals surface area (Å²) in [6.45, 7) is 2.23. The predicted molar refractivity (Wildman–Crippen MR) is 81.6 cm³/mol. The number of nitrogens with zero attached hydrogens (tertiary/aromatic N) is 3. The topological polar surface area (TPSA) is 66.7 Å². The summed E-state index contributed by atoms with van der Waals surface area (Å²) in [7, 11) is 0. The molecule has 0 aliphatic carbocycles. The normalized spacial score (nSPS) is 15.1. The fraction of sp³-hybridized carbons (Fsp3) is 0.400. The molecule has 0 bridgehead atoms. The summed E-state index contributed by atoms with van der Waals surface area (Å²) in [4.78, 5) is 32.0. The second-order valence-electron chi connectivity index (χ2n) is 5.13. The summed E-state index contributed by atoms with van der Waals surface area (Å²) in [6.07, 6.45) is 2.63. The Morgan fingerprint density at radius 2 is 2.00 bits per heavy atom. The van der Waals surface area contributed by atoms with E-state index in [1.807, 2.05) is 10.3 Å². The number of rotatable bonds is 4. The maximum absolute atomic E-state index is 12.2. The molecular weight excluding hydrogens is 302 g/mol. The van der Waals surface area contributed by atoms with Crippen LogP contribution in [0.15, 0.2) is 33.7 Å². The van der Waals surface area contributed by atoms with Crippen molar-refractivity contribution in [3.05, 3.63) is 40.7 Å². The van der Waals surface area contributed by atoms with Gasteiger partial charge >= 0.3 is 0 Å². The van der Waals surface area contributed by atoms with Crippen molar-refractivity contribution >= 4 is 23.2 Å². The Hall–Kier alpha value is -2.15. The van der Waals surface area contributed by atoms with E-state index in [1.165, 1.54) is 17.6 Å². The van der Waals surface area contributed by atoms with Crippen molar-refractivity contribution in [1.82, 2.24) is 14.8 Å². The van der Waals surface area contributed by atoms with Gasteiger partial charge in [-0.25, -0.2) is 4.98 Å². The molecule has 0 unspecified atom stereocenters. The number of piperazine rings is 1. The van der Waals surface area contributed by atoms with Crippen LogP contribution in [0.3, 0.4) is 0 Å². The molecule has 1 aliphatic heterocycles.